The van der Waals surface area contributed by atoms with Crippen molar-refractivity contribution in [2.24, 2.45) is 0 Å². The number of rotatable bonds is 8. The Morgan fingerprint density at radius 1 is 1.14 bits per heavy atom. The third-order valence-electron chi connectivity index (χ3n) is 3.21. The predicted octanol–water partition coefficient (Wildman–Crippen LogP) is -2.12. The fourth-order valence-electron chi connectivity index (χ4n) is 2.24. The van der Waals surface area contributed by atoms with Gasteiger partial charge in [-0.2, -0.15) is 8.62 Å². The largest absolute Gasteiger partial charge is 0.536 e. The maximum atomic E-state index is 11.9. The molecule has 2 unspecified atom stereocenters. The van der Waals surface area contributed by atoms with E-state index in [-0.39, 0.29) is 6.42 Å². The molecule has 1 aromatic rings. The third-order valence-corrected chi connectivity index (χ3v) is 6.96. The van der Waals surface area contributed by atoms with Crippen molar-refractivity contribution in [3.63, 3.8) is 0 Å². The number of nitrogens with zero attached hydrogens (tertiary/aromatic N) is 1. The van der Waals surface area contributed by atoms with Crippen LogP contribution in [0.5, 0.6) is 5.75 Å². The van der Waals surface area contributed by atoms with Crippen LogP contribution in [0, 0.1) is 0 Å². The van der Waals surface area contributed by atoms with Gasteiger partial charge < -0.3 is 34.2 Å². The monoisotopic (exact) mass is 484 g/mol. The highest BCUT2D eigenvalue weighted by molar-refractivity contribution is 7.66. The Kier molecular flexibility index (Phi) is 7.07. The molecule has 0 aliphatic carbocycles. The highest BCUT2D eigenvalue weighted by Crippen LogP contribution is 2.65. The summed E-state index contributed by atoms with van der Waals surface area (Å²) in [4.78, 5) is 60.8. The zero-order chi connectivity index (χ0) is 22.2. The summed E-state index contributed by atoms with van der Waals surface area (Å²) in [6, 6.07) is 0. The second-order valence-electron chi connectivity index (χ2n) is 5.48. The van der Waals surface area contributed by atoms with E-state index in [1.165, 1.54) is 0 Å². The van der Waals surface area contributed by atoms with Crippen LogP contribution < -0.4 is 15.8 Å². The second-order valence-corrected chi connectivity index (χ2v) is 9.82. The second kappa shape index (κ2) is 8.51. The van der Waals surface area contributed by atoms with Gasteiger partial charge in [-0.1, -0.05) is 0 Å². The maximum absolute atomic E-state index is 11.9. The maximum Gasteiger partial charge on any atom is 0.536 e. The number of aromatic amines is 1. The minimum Gasteiger partial charge on any atom is -0.396 e. The lowest BCUT2D eigenvalue weighted by molar-refractivity contribution is -0.0532. The van der Waals surface area contributed by atoms with Gasteiger partial charge in [-0.25, -0.2) is 18.5 Å². The van der Waals surface area contributed by atoms with E-state index in [4.69, 9.17) is 24.5 Å². The molecule has 29 heavy (non-hydrogen) atoms. The van der Waals surface area contributed by atoms with Gasteiger partial charge in [0.05, 0.1) is 18.9 Å². The van der Waals surface area contributed by atoms with Crippen LogP contribution in [0.1, 0.15) is 12.6 Å². The van der Waals surface area contributed by atoms with Crippen LogP contribution in [-0.2, 0) is 27.1 Å². The van der Waals surface area contributed by atoms with Crippen molar-refractivity contribution in [1.29, 1.82) is 0 Å². The molecule has 1 fully saturated rings. The topological polar surface area (TPSA) is 264 Å². The highest BCUT2D eigenvalue weighted by atomic mass is 31.3. The van der Waals surface area contributed by atoms with Gasteiger partial charge in [-0.15, -0.1) is 0 Å². The summed E-state index contributed by atoms with van der Waals surface area (Å²) in [6.07, 6.45) is -3.18. The molecule has 0 amide bonds. The molecule has 1 aromatic heterocycles. The van der Waals surface area contributed by atoms with Gasteiger partial charge in [-0.3, -0.25) is 19.2 Å². The van der Waals surface area contributed by atoms with Gasteiger partial charge in [-0.05, 0) is 0 Å². The zero-order valence-corrected chi connectivity index (χ0v) is 16.6. The molecule has 2 heterocycles. The number of aliphatic hydroxyl groups excluding tert-OH is 2. The molecule has 0 saturated carbocycles. The van der Waals surface area contributed by atoms with E-state index in [9.17, 15) is 33.3 Å². The van der Waals surface area contributed by atoms with E-state index in [0.717, 1.165) is 0 Å². The summed E-state index contributed by atoms with van der Waals surface area (Å²) in [5, 5.41) is 19.0. The van der Waals surface area contributed by atoms with E-state index in [1.807, 2.05) is 0 Å². The molecule has 0 bridgehead atoms. The van der Waals surface area contributed by atoms with Gasteiger partial charge in [0.2, 0.25) is 5.75 Å². The molecule has 20 heteroatoms. The number of hydrogen-bond acceptors (Lipinski definition) is 11. The quantitative estimate of drug-likeness (QED) is 0.195. The number of ether oxygens (including phenoxy) is 1. The SMILES string of the molecule is O=c1[nH]c(=O)n([C@@H]2O[C@H](CO)C[C@H]2O)cc1OP(=O)(O)OP(=O)(O)OP(=O)(O)O. The minimum atomic E-state index is -5.83. The molecule has 166 valence electrons. The van der Waals surface area contributed by atoms with Gasteiger partial charge in [0.15, 0.2) is 6.23 Å². The molecule has 0 aromatic carbocycles. The van der Waals surface area contributed by atoms with Gasteiger partial charge in [0.1, 0.15) is 6.10 Å². The smallest absolute Gasteiger partial charge is 0.396 e. The molecule has 2 rings (SSSR count). The van der Waals surface area contributed by atoms with Crippen molar-refractivity contribution in [2.45, 2.75) is 24.9 Å². The minimum absolute atomic E-state index is 0.0854. The summed E-state index contributed by atoms with van der Waals surface area (Å²) in [7, 11) is -17.1. The number of hydrogen-bond donors (Lipinski definition) is 7. The zero-order valence-electron chi connectivity index (χ0n) is 13.9. The lowest BCUT2D eigenvalue weighted by Gasteiger charge is -2.19. The first-order valence-corrected chi connectivity index (χ1v) is 11.8. The van der Waals surface area contributed by atoms with Crippen molar-refractivity contribution in [3.8, 4) is 5.75 Å². The number of H-pyrrole nitrogens is 1. The van der Waals surface area contributed by atoms with Crippen LogP contribution in [0.2, 0.25) is 0 Å². The van der Waals surface area contributed by atoms with E-state index in [0.29, 0.717) is 10.8 Å². The third kappa shape index (κ3) is 6.65. The molecule has 1 saturated heterocycles. The van der Waals surface area contributed by atoms with E-state index >= 15 is 0 Å². The van der Waals surface area contributed by atoms with E-state index in [2.05, 4.69) is 13.1 Å². The van der Waals surface area contributed by atoms with Crippen LogP contribution in [0.4, 0.5) is 0 Å². The Balaban J connectivity index is 2.30. The molecule has 7 N–H and O–H groups in total. The van der Waals surface area contributed by atoms with Crippen LogP contribution in [0.25, 0.3) is 0 Å². The van der Waals surface area contributed by atoms with Gasteiger partial charge >= 0.3 is 29.2 Å². The Morgan fingerprint density at radius 3 is 2.28 bits per heavy atom. The molecule has 17 nitrogen and oxygen atoms in total. The molecule has 5 atom stereocenters. The number of phosphoric ester groups is 1. The van der Waals surface area contributed by atoms with Gasteiger partial charge in [0.25, 0.3) is 5.56 Å². The predicted molar refractivity (Wildman–Crippen MR) is 87.4 cm³/mol. The lowest BCUT2D eigenvalue weighted by atomic mass is 10.2. The Bertz CT molecular complexity index is 1010. The van der Waals surface area contributed by atoms with Crippen molar-refractivity contribution in [2.75, 3.05) is 6.61 Å². The number of phosphoric acid groups is 3. The Labute approximate surface area is 159 Å². The summed E-state index contributed by atoms with van der Waals surface area (Å²) >= 11 is 0. The first-order valence-electron chi connectivity index (χ1n) is 7.26. The fraction of sp³-hybridized carbons (Fsp3) is 0.556. The summed E-state index contributed by atoms with van der Waals surface area (Å²) in [6.45, 7) is -0.500. The van der Waals surface area contributed by atoms with E-state index in [1.54, 1.807) is 4.98 Å². The molecular weight excluding hydrogens is 469 g/mol. The van der Waals surface area contributed by atoms with Crippen molar-refractivity contribution >= 4 is 23.5 Å². The van der Waals surface area contributed by atoms with Crippen LogP contribution in [0.3, 0.4) is 0 Å². The summed E-state index contributed by atoms with van der Waals surface area (Å²) in [5.41, 5.74) is -2.55. The summed E-state index contributed by atoms with van der Waals surface area (Å²) < 4.78 is 50.7. The first kappa shape index (κ1) is 24.1. The Morgan fingerprint density at radius 2 is 1.76 bits per heavy atom. The fourth-order valence-corrected chi connectivity index (χ4v) is 5.26. The lowest BCUT2D eigenvalue weighted by Crippen LogP contribution is -2.35. The molecule has 0 spiro atoms. The molecule has 1 aliphatic rings. The first-order chi connectivity index (χ1) is 13.1. The normalized spacial score (nSPS) is 26.6. The van der Waals surface area contributed by atoms with Crippen molar-refractivity contribution in [1.82, 2.24) is 9.55 Å². The van der Waals surface area contributed by atoms with Crippen LogP contribution in [-0.4, -0.2) is 58.2 Å². The summed E-state index contributed by atoms with van der Waals surface area (Å²) in [5.74, 6) is -1.13. The average Bonchev–Trinajstić information content (AvgIpc) is 2.87. The van der Waals surface area contributed by atoms with Gasteiger partial charge in [0, 0.05) is 6.42 Å². The number of aliphatic hydroxyl groups is 2. The van der Waals surface area contributed by atoms with E-state index < -0.39 is 65.5 Å². The van der Waals surface area contributed by atoms with Crippen LogP contribution in [0.15, 0.2) is 15.8 Å². The highest BCUT2D eigenvalue weighted by Gasteiger charge is 2.42. The van der Waals surface area contributed by atoms with Crippen molar-refractivity contribution < 1.29 is 61.4 Å². The molecule has 1 aliphatic heterocycles. The van der Waals surface area contributed by atoms with Crippen molar-refractivity contribution in [3.05, 3.63) is 27.0 Å². The average molecular weight is 484 g/mol. The van der Waals surface area contributed by atoms with Crippen LogP contribution >= 0.6 is 23.5 Å². The number of nitrogens with one attached hydrogen (secondary N) is 1. The molecular formula is C9H15N2O15P3. The molecule has 0 radical (unpaired) electrons. The Hall–Kier alpha value is -1.19. The standard InChI is InChI=1S/C9H15N2O15P3/c12-3-4-1-5(13)8(23-4)11-2-6(7(14)10-9(11)15)24-28(19,20)26-29(21,22)25-27(16,17)18/h2,4-5,8,12-13H,1,3H2,(H,19,20)(H,21,22)(H,10,14,15)(H2,16,17,18)/t4-,5+,8+/m0/s1. The number of aromatic nitrogens is 2.